The van der Waals surface area contributed by atoms with Crippen molar-refractivity contribution in [3.05, 3.63) is 19.2 Å². The summed E-state index contributed by atoms with van der Waals surface area (Å²) in [7, 11) is 0. The molecule has 0 unspecified atom stereocenters. The zero-order valence-corrected chi connectivity index (χ0v) is 7.38. The van der Waals surface area contributed by atoms with Gasteiger partial charge in [0.15, 0.2) is 0 Å². The first-order valence-corrected chi connectivity index (χ1v) is 2.10. The zero-order valence-electron chi connectivity index (χ0n) is 5.64. The van der Waals surface area contributed by atoms with Crippen molar-refractivity contribution in [3.8, 4) is 0 Å². The predicted octanol–water partition coefficient (Wildman–Crippen LogP) is 1.24. The van der Waals surface area contributed by atoms with Crippen molar-refractivity contribution in [3.63, 3.8) is 0 Å². The summed E-state index contributed by atoms with van der Waals surface area (Å²) < 4.78 is 0. The molecule has 0 aliphatic rings. The molecule has 2 heteroatoms. The number of hydrogen-bond acceptors (Lipinski definition) is 1. The summed E-state index contributed by atoms with van der Waals surface area (Å²) in [5, 5.41) is 0. The van der Waals surface area contributed by atoms with Crippen LogP contribution < -0.4 is 5.73 Å². The summed E-state index contributed by atoms with van der Waals surface area (Å²) in [6, 6.07) is 0. The summed E-state index contributed by atoms with van der Waals surface area (Å²) in [5.74, 6) is 0. The molecule has 0 bridgehead atoms. The number of allylic oxidation sites excluding steroid dienone is 2. The van der Waals surface area contributed by atoms with Gasteiger partial charge in [-0.2, -0.15) is 12.6 Å². The number of rotatable bonds is 1. The van der Waals surface area contributed by atoms with Crippen LogP contribution in [0.2, 0.25) is 0 Å². The first kappa shape index (κ1) is 15.7. The van der Waals surface area contributed by atoms with E-state index in [-0.39, 0.29) is 26.9 Å². The fraction of sp³-hybridized carbons (Fsp3) is 0.500. The maximum atomic E-state index is 5.28. The monoisotopic (exact) mass is 203 g/mol. The van der Waals surface area contributed by atoms with Crippen molar-refractivity contribution < 1.29 is 19.5 Å². The first-order chi connectivity index (χ1) is 2.81. The molecular weight excluding hydrogens is 189 g/mol. The standard InChI is InChI=1S/C5H10N.CH3.Rh.H/c1-3-5(6)4-2;;;/h3,6H2,1-2H3;1H3;;/q2*-1;+2;. The second kappa shape index (κ2) is 10.2. The Morgan fingerprint density at radius 3 is 2.00 bits per heavy atom. The first-order valence-electron chi connectivity index (χ1n) is 2.10. The third-order valence-corrected chi connectivity index (χ3v) is 0.702. The van der Waals surface area contributed by atoms with E-state index in [4.69, 9.17) is 5.73 Å². The summed E-state index contributed by atoms with van der Waals surface area (Å²) >= 11 is 0. The van der Waals surface area contributed by atoms with Gasteiger partial charge in [-0.15, -0.1) is 0 Å². The predicted molar refractivity (Wildman–Crippen MR) is 34.7 cm³/mol. The van der Waals surface area contributed by atoms with E-state index in [0.717, 1.165) is 12.1 Å². The van der Waals surface area contributed by atoms with E-state index < -0.39 is 0 Å². The van der Waals surface area contributed by atoms with Crippen molar-refractivity contribution in [2.75, 3.05) is 0 Å². The van der Waals surface area contributed by atoms with Crippen LogP contribution in [-0.2, 0) is 19.5 Å². The Labute approximate surface area is 65.1 Å². The molecule has 2 N–H and O–H groups in total. The molecule has 0 aromatic carbocycles. The third-order valence-electron chi connectivity index (χ3n) is 0.702. The van der Waals surface area contributed by atoms with Crippen molar-refractivity contribution in [2.24, 2.45) is 5.73 Å². The van der Waals surface area contributed by atoms with Crippen LogP contribution in [0.5, 0.6) is 0 Å². The van der Waals surface area contributed by atoms with Crippen LogP contribution in [0.3, 0.4) is 0 Å². The topological polar surface area (TPSA) is 26.0 Å². The van der Waals surface area contributed by atoms with Gasteiger partial charge < -0.3 is 19.2 Å². The van der Waals surface area contributed by atoms with Crippen LogP contribution in [0.25, 0.3) is 0 Å². The zero-order chi connectivity index (χ0) is 4.99. The Morgan fingerprint density at radius 1 is 1.62 bits per heavy atom. The van der Waals surface area contributed by atoms with Gasteiger partial charge in [0.1, 0.15) is 0 Å². The molecule has 1 radical (unpaired) electrons. The van der Waals surface area contributed by atoms with Gasteiger partial charge in [0, 0.05) is 0 Å². The molecule has 0 heterocycles. The number of nitrogens with two attached hydrogens (primary N) is 1. The van der Waals surface area contributed by atoms with Gasteiger partial charge in [-0.3, -0.25) is 0 Å². The summed E-state index contributed by atoms with van der Waals surface area (Å²) in [4.78, 5) is 0. The van der Waals surface area contributed by atoms with Crippen molar-refractivity contribution in [1.29, 1.82) is 0 Å². The third kappa shape index (κ3) is 9.48. The van der Waals surface area contributed by atoms with E-state index in [0.29, 0.717) is 0 Å². The van der Waals surface area contributed by atoms with Crippen molar-refractivity contribution >= 4 is 0 Å². The Balaban J connectivity index is -0.000000125. The quantitative estimate of drug-likeness (QED) is 0.503. The molecule has 0 aliphatic heterocycles. The normalized spacial score (nSPS) is 9.00. The second-order valence-corrected chi connectivity index (χ2v) is 1.13. The SMILES string of the molecule is C[C-]=C(N)CC.[CH3-].[RhH+2]. The molecule has 0 amide bonds. The van der Waals surface area contributed by atoms with E-state index >= 15 is 0 Å². The molecule has 0 saturated carbocycles. The molecule has 1 nitrogen and oxygen atoms in total. The van der Waals surface area contributed by atoms with E-state index in [9.17, 15) is 0 Å². The van der Waals surface area contributed by atoms with E-state index in [1.54, 1.807) is 0 Å². The molecule has 0 spiro atoms. The maximum absolute atomic E-state index is 5.28. The van der Waals surface area contributed by atoms with Crippen LogP contribution in [0.1, 0.15) is 20.3 Å². The average molecular weight is 203 g/mol. The molecule has 8 heavy (non-hydrogen) atoms. The molecule has 0 saturated heterocycles. The fourth-order valence-electron chi connectivity index (χ4n) is 0.177. The van der Waals surface area contributed by atoms with Gasteiger partial charge in [-0.1, -0.05) is 13.3 Å². The van der Waals surface area contributed by atoms with Gasteiger partial charge in [-0.05, 0) is 0 Å². The Kier molecular flexibility index (Phi) is 20.0. The number of hydrogen-bond donors (Lipinski definition) is 1. The summed E-state index contributed by atoms with van der Waals surface area (Å²) in [6.45, 7) is 3.82. The molecule has 0 aromatic heterocycles. The molecule has 0 fully saturated rings. The van der Waals surface area contributed by atoms with Gasteiger partial charge in [0.05, 0.1) is 0 Å². The second-order valence-electron chi connectivity index (χ2n) is 1.13. The molecule has 0 aliphatic carbocycles. The minimum atomic E-state index is 0. The molecule has 0 atom stereocenters. The van der Waals surface area contributed by atoms with Crippen LogP contribution in [0.4, 0.5) is 0 Å². The van der Waals surface area contributed by atoms with Gasteiger partial charge in [0.2, 0.25) is 0 Å². The van der Waals surface area contributed by atoms with Crippen LogP contribution in [0, 0.1) is 13.5 Å². The van der Waals surface area contributed by atoms with Gasteiger partial charge >= 0.3 is 19.5 Å². The van der Waals surface area contributed by atoms with Crippen molar-refractivity contribution in [2.45, 2.75) is 20.3 Å². The van der Waals surface area contributed by atoms with E-state index in [2.05, 4.69) is 6.08 Å². The molecule has 52 valence electrons. The average Bonchev–Trinajstić information content (AvgIpc) is 1.65. The van der Waals surface area contributed by atoms with Crippen LogP contribution >= 0.6 is 0 Å². The molecular formula is C6H14NRh. The van der Waals surface area contributed by atoms with Gasteiger partial charge in [0.25, 0.3) is 0 Å². The summed E-state index contributed by atoms with van der Waals surface area (Å²) in [6.07, 6.45) is 3.72. The fourth-order valence-corrected chi connectivity index (χ4v) is 0.177. The summed E-state index contributed by atoms with van der Waals surface area (Å²) in [5.41, 5.74) is 6.12. The van der Waals surface area contributed by atoms with Crippen LogP contribution in [0.15, 0.2) is 5.70 Å². The minimum absolute atomic E-state index is 0. The van der Waals surface area contributed by atoms with E-state index in [1.165, 1.54) is 0 Å². The van der Waals surface area contributed by atoms with Crippen LogP contribution in [-0.4, -0.2) is 0 Å². The molecule has 0 rings (SSSR count). The van der Waals surface area contributed by atoms with Gasteiger partial charge in [-0.25, -0.2) is 0 Å². The Bertz CT molecular complexity index is 59.5. The Morgan fingerprint density at radius 2 is 2.00 bits per heavy atom. The van der Waals surface area contributed by atoms with Crippen molar-refractivity contribution in [1.82, 2.24) is 0 Å². The van der Waals surface area contributed by atoms with E-state index in [1.807, 2.05) is 13.8 Å². The Hall–Kier alpha value is 0.163. The molecule has 0 aromatic rings.